The van der Waals surface area contributed by atoms with E-state index in [1.54, 1.807) is 13.0 Å². The number of aromatic nitrogens is 1. The first-order chi connectivity index (χ1) is 8.25. The average Bonchev–Trinajstić information content (AvgIpc) is 2.58. The Kier molecular flexibility index (Phi) is 4.51. The van der Waals surface area contributed by atoms with E-state index in [0.717, 1.165) is 21.7 Å². The molecule has 5 heteroatoms. The molecule has 1 nitrogen and oxygen atoms in total. The third-order valence-corrected chi connectivity index (χ3v) is 3.54. The minimum absolute atomic E-state index is 0.668. The van der Waals surface area contributed by atoms with E-state index in [1.807, 2.05) is 13.8 Å². The van der Waals surface area contributed by atoms with Gasteiger partial charge in [0.1, 0.15) is 5.01 Å². The Bertz CT molecular complexity index is 487. The standard InChI is InChI=1S/C13H14F3NS/c1-5-11(7-6-8(2)13(14,15)16)12-17-9(3)10(4)18-12/h5-7H,2H2,1,3-4H3/b7-6-,11-5+. The number of aryl methyl sites for hydroxylation is 2. The van der Waals surface area contributed by atoms with Gasteiger partial charge in [-0.1, -0.05) is 18.7 Å². The molecule has 0 atom stereocenters. The average molecular weight is 273 g/mol. The molecule has 0 unspecified atom stereocenters. The Morgan fingerprint density at radius 3 is 2.28 bits per heavy atom. The number of thiazole rings is 1. The van der Waals surface area contributed by atoms with Crippen molar-refractivity contribution in [3.05, 3.63) is 46.0 Å². The lowest BCUT2D eigenvalue weighted by Gasteiger charge is -2.04. The quantitative estimate of drug-likeness (QED) is 0.718. The predicted octanol–water partition coefficient (Wildman–Crippen LogP) is 4.84. The zero-order valence-corrected chi connectivity index (χ0v) is 11.2. The fourth-order valence-electron chi connectivity index (χ4n) is 1.17. The third-order valence-electron chi connectivity index (χ3n) is 2.41. The maximum atomic E-state index is 12.3. The molecule has 0 saturated heterocycles. The Balaban J connectivity index is 2.94. The molecule has 0 aliphatic rings. The monoisotopic (exact) mass is 273 g/mol. The van der Waals surface area contributed by atoms with Crippen molar-refractivity contribution >= 4 is 16.9 Å². The van der Waals surface area contributed by atoms with E-state index in [-0.39, 0.29) is 0 Å². The number of allylic oxidation sites excluding steroid dienone is 5. The summed E-state index contributed by atoms with van der Waals surface area (Å²) in [5, 5.41) is 0.721. The Morgan fingerprint density at radius 2 is 1.89 bits per heavy atom. The minimum Gasteiger partial charge on any atom is -0.241 e. The first-order valence-electron chi connectivity index (χ1n) is 5.30. The number of nitrogens with zero attached hydrogens (tertiary/aromatic N) is 1. The number of hydrogen-bond acceptors (Lipinski definition) is 2. The van der Waals surface area contributed by atoms with Gasteiger partial charge in [-0.2, -0.15) is 13.2 Å². The molecule has 18 heavy (non-hydrogen) atoms. The van der Waals surface area contributed by atoms with Crippen LogP contribution in [0.3, 0.4) is 0 Å². The molecule has 0 fully saturated rings. The highest BCUT2D eigenvalue weighted by atomic mass is 32.1. The molecule has 0 aromatic carbocycles. The molecule has 1 heterocycles. The molecular weight excluding hydrogens is 259 g/mol. The molecule has 0 saturated carbocycles. The minimum atomic E-state index is -4.38. The van der Waals surface area contributed by atoms with Gasteiger partial charge in [-0.3, -0.25) is 0 Å². The van der Waals surface area contributed by atoms with Crippen LogP contribution in [0.4, 0.5) is 13.2 Å². The van der Waals surface area contributed by atoms with E-state index in [9.17, 15) is 13.2 Å². The second kappa shape index (κ2) is 5.52. The van der Waals surface area contributed by atoms with Crippen LogP contribution in [0.1, 0.15) is 22.5 Å². The largest absolute Gasteiger partial charge is 0.415 e. The SMILES string of the molecule is C=C(/C=C\C(=C/C)c1nc(C)c(C)s1)C(F)(F)F. The zero-order valence-electron chi connectivity index (χ0n) is 10.4. The predicted molar refractivity (Wildman–Crippen MR) is 69.6 cm³/mol. The Hall–Kier alpha value is -1.36. The van der Waals surface area contributed by atoms with E-state index in [2.05, 4.69) is 11.6 Å². The van der Waals surface area contributed by atoms with Gasteiger partial charge in [-0.15, -0.1) is 11.3 Å². The van der Waals surface area contributed by atoms with E-state index in [1.165, 1.54) is 17.4 Å². The lowest BCUT2D eigenvalue weighted by molar-refractivity contribution is -0.0878. The van der Waals surface area contributed by atoms with E-state index < -0.39 is 11.7 Å². The van der Waals surface area contributed by atoms with Crippen LogP contribution in [-0.4, -0.2) is 11.2 Å². The molecule has 0 aliphatic heterocycles. The molecule has 1 rings (SSSR count). The first kappa shape index (κ1) is 14.7. The fraction of sp³-hybridized carbons (Fsp3) is 0.308. The summed E-state index contributed by atoms with van der Waals surface area (Å²) < 4.78 is 36.9. The second-order valence-electron chi connectivity index (χ2n) is 3.76. The Morgan fingerprint density at radius 1 is 1.28 bits per heavy atom. The van der Waals surface area contributed by atoms with Crippen molar-refractivity contribution in [1.29, 1.82) is 0 Å². The van der Waals surface area contributed by atoms with E-state index in [4.69, 9.17) is 0 Å². The maximum Gasteiger partial charge on any atom is 0.415 e. The maximum absolute atomic E-state index is 12.3. The van der Waals surface area contributed by atoms with Gasteiger partial charge >= 0.3 is 6.18 Å². The van der Waals surface area contributed by atoms with E-state index in [0.29, 0.717) is 5.57 Å². The summed E-state index contributed by atoms with van der Waals surface area (Å²) in [5.41, 5.74) is 0.700. The molecule has 98 valence electrons. The summed E-state index contributed by atoms with van der Waals surface area (Å²) >= 11 is 1.46. The number of alkyl halides is 3. The number of rotatable bonds is 3. The summed E-state index contributed by atoms with van der Waals surface area (Å²) in [6, 6.07) is 0. The van der Waals surface area contributed by atoms with Crippen molar-refractivity contribution in [1.82, 2.24) is 4.98 Å². The van der Waals surface area contributed by atoms with Crippen molar-refractivity contribution in [3.63, 3.8) is 0 Å². The molecule has 1 aromatic heterocycles. The van der Waals surface area contributed by atoms with Crippen molar-refractivity contribution in [2.24, 2.45) is 0 Å². The summed E-state index contributed by atoms with van der Waals surface area (Å²) in [4.78, 5) is 5.37. The van der Waals surface area contributed by atoms with E-state index >= 15 is 0 Å². The van der Waals surface area contributed by atoms with Crippen LogP contribution in [0.15, 0.2) is 30.4 Å². The number of halogens is 3. The van der Waals surface area contributed by atoms with Crippen LogP contribution in [-0.2, 0) is 0 Å². The van der Waals surface area contributed by atoms with Crippen LogP contribution in [0.25, 0.3) is 5.57 Å². The van der Waals surface area contributed by atoms with Crippen molar-refractivity contribution in [2.75, 3.05) is 0 Å². The summed E-state index contributed by atoms with van der Waals surface area (Å²) in [7, 11) is 0. The third kappa shape index (κ3) is 3.57. The van der Waals surface area contributed by atoms with Crippen molar-refractivity contribution < 1.29 is 13.2 Å². The second-order valence-corrected chi connectivity index (χ2v) is 4.96. The van der Waals surface area contributed by atoms with Gasteiger partial charge in [0, 0.05) is 16.0 Å². The molecule has 0 aliphatic carbocycles. The summed E-state index contributed by atoms with van der Waals surface area (Å²) in [6.45, 7) is 8.57. The van der Waals surface area contributed by atoms with Gasteiger partial charge in [0.15, 0.2) is 0 Å². The highest BCUT2D eigenvalue weighted by Crippen LogP contribution is 2.28. The molecule has 1 aromatic rings. The van der Waals surface area contributed by atoms with Gasteiger partial charge in [0.25, 0.3) is 0 Å². The number of hydrogen-bond donors (Lipinski definition) is 0. The van der Waals surface area contributed by atoms with Crippen molar-refractivity contribution in [2.45, 2.75) is 26.9 Å². The van der Waals surface area contributed by atoms with Crippen LogP contribution >= 0.6 is 11.3 Å². The molecule has 0 amide bonds. The van der Waals surface area contributed by atoms with Gasteiger partial charge in [-0.05, 0) is 26.8 Å². The highest BCUT2D eigenvalue weighted by Gasteiger charge is 2.29. The van der Waals surface area contributed by atoms with Gasteiger partial charge in [0.05, 0.1) is 5.69 Å². The first-order valence-corrected chi connectivity index (χ1v) is 6.12. The van der Waals surface area contributed by atoms with Gasteiger partial charge in [0.2, 0.25) is 0 Å². The van der Waals surface area contributed by atoms with Crippen LogP contribution in [0.2, 0.25) is 0 Å². The molecule has 0 radical (unpaired) electrons. The fourth-order valence-corrected chi connectivity index (χ4v) is 2.14. The zero-order chi connectivity index (χ0) is 13.9. The Labute approximate surface area is 108 Å². The van der Waals surface area contributed by atoms with Crippen LogP contribution in [0.5, 0.6) is 0 Å². The molecule has 0 spiro atoms. The summed E-state index contributed by atoms with van der Waals surface area (Å²) in [5.74, 6) is 0. The molecular formula is C13H14F3NS. The lowest BCUT2D eigenvalue weighted by Crippen LogP contribution is -2.08. The smallest absolute Gasteiger partial charge is 0.241 e. The molecule has 0 N–H and O–H groups in total. The van der Waals surface area contributed by atoms with Crippen LogP contribution < -0.4 is 0 Å². The van der Waals surface area contributed by atoms with Crippen LogP contribution in [0, 0.1) is 13.8 Å². The topological polar surface area (TPSA) is 12.9 Å². The highest BCUT2D eigenvalue weighted by molar-refractivity contribution is 7.12. The van der Waals surface area contributed by atoms with Gasteiger partial charge < -0.3 is 0 Å². The van der Waals surface area contributed by atoms with Crippen molar-refractivity contribution in [3.8, 4) is 0 Å². The normalized spacial score (nSPS) is 13.3. The van der Waals surface area contributed by atoms with Gasteiger partial charge in [-0.25, -0.2) is 4.98 Å². The lowest BCUT2D eigenvalue weighted by atomic mass is 10.2. The molecule has 0 bridgehead atoms. The summed E-state index contributed by atoms with van der Waals surface area (Å²) in [6.07, 6.45) is -0.281.